The topological polar surface area (TPSA) is 66.9 Å². The van der Waals surface area contributed by atoms with Crippen molar-refractivity contribution in [3.63, 3.8) is 0 Å². The summed E-state index contributed by atoms with van der Waals surface area (Å²) in [5, 5.41) is 1.44. The van der Waals surface area contributed by atoms with E-state index < -0.39 is 0 Å². The van der Waals surface area contributed by atoms with Gasteiger partial charge in [-0.1, -0.05) is 0 Å². The van der Waals surface area contributed by atoms with Gasteiger partial charge in [0.1, 0.15) is 22.7 Å². The highest BCUT2D eigenvalue weighted by Gasteiger charge is 2.26. The molecule has 3 aromatic rings. The number of aryl methyl sites for hydroxylation is 2. The molecule has 0 radical (unpaired) electrons. The van der Waals surface area contributed by atoms with Crippen LogP contribution in [0.4, 0.5) is 0 Å². The SMILES string of the molecule is CCN(CC)C(=O)c1c(C)oc2cc3c(C(=O)N(CC)CC)c(C)oc3cc12. The molecule has 2 aromatic heterocycles. The Bertz CT molecular complexity index is 952. The second-order valence-electron chi connectivity index (χ2n) is 6.87. The molecule has 0 bridgehead atoms. The molecule has 1 aromatic carbocycles. The van der Waals surface area contributed by atoms with E-state index >= 15 is 0 Å². The molecule has 2 amide bonds. The lowest BCUT2D eigenvalue weighted by atomic mass is 10.0. The molecule has 0 saturated carbocycles. The van der Waals surface area contributed by atoms with E-state index in [9.17, 15) is 9.59 Å². The van der Waals surface area contributed by atoms with Crippen molar-refractivity contribution in [1.82, 2.24) is 9.80 Å². The molecule has 150 valence electrons. The van der Waals surface area contributed by atoms with Crippen molar-refractivity contribution in [3.05, 3.63) is 34.8 Å². The van der Waals surface area contributed by atoms with Crippen LogP contribution in [0.5, 0.6) is 0 Å². The van der Waals surface area contributed by atoms with Gasteiger partial charge in [-0.25, -0.2) is 0 Å². The van der Waals surface area contributed by atoms with Crippen molar-refractivity contribution < 1.29 is 18.4 Å². The van der Waals surface area contributed by atoms with Crippen molar-refractivity contribution in [3.8, 4) is 0 Å². The summed E-state index contributed by atoms with van der Waals surface area (Å²) >= 11 is 0. The summed E-state index contributed by atoms with van der Waals surface area (Å²) in [4.78, 5) is 29.5. The number of carbonyl (C=O) groups is 2. The highest BCUT2D eigenvalue weighted by Crippen LogP contribution is 2.35. The molecule has 6 heteroatoms. The number of furan rings is 2. The first-order valence-electron chi connectivity index (χ1n) is 9.92. The molecule has 0 N–H and O–H groups in total. The summed E-state index contributed by atoms with van der Waals surface area (Å²) < 4.78 is 11.8. The quantitative estimate of drug-likeness (QED) is 0.614. The van der Waals surface area contributed by atoms with E-state index in [0.717, 1.165) is 10.8 Å². The summed E-state index contributed by atoms with van der Waals surface area (Å²) in [5.41, 5.74) is 2.31. The number of benzene rings is 1. The summed E-state index contributed by atoms with van der Waals surface area (Å²) in [5.74, 6) is 1.05. The molecule has 0 fully saturated rings. The van der Waals surface area contributed by atoms with Crippen molar-refractivity contribution >= 4 is 33.8 Å². The molecule has 2 heterocycles. The molecule has 0 unspecified atom stereocenters. The number of fused-ring (bicyclic) bond motifs is 2. The molecule has 3 rings (SSSR count). The van der Waals surface area contributed by atoms with Crippen molar-refractivity contribution in [1.29, 1.82) is 0 Å². The van der Waals surface area contributed by atoms with E-state index in [1.54, 1.807) is 23.6 Å². The van der Waals surface area contributed by atoms with Gasteiger partial charge in [-0.2, -0.15) is 0 Å². The Morgan fingerprint density at radius 1 is 0.714 bits per heavy atom. The molecular weight excluding hydrogens is 356 g/mol. The molecule has 0 spiro atoms. The van der Waals surface area contributed by atoms with Crippen LogP contribution >= 0.6 is 0 Å². The molecule has 0 aliphatic rings. The van der Waals surface area contributed by atoms with E-state index in [0.29, 0.717) is 60.0 Å². The van der Waals surface area contributed by atoms with Crippen LogP contribution < -0.4 is 0 Å². The van der Waals surface area contributed by atoms with Crippen molar-refractivity contribution in [2.24, 2.45) is 0 Å². The van der Waals surface area contributed by atoms with Crippen LogP contribution in [0.3, 0.4) is 0 Å². The highest BCUT2D eigenvalue weighted by molar-refractivity contribution is 6.14. The first-order chi connectivity index (χ1) is 13.4. The number of nitrogens with zero attached hydrogens (tertiary/aromatic N) is 2. The van der Waals surface area contributed by atoms with Crippen LogP contribution in [0, 0.1) is 13.8 Å². The number of carbonyl (C=O) groups excluding carboxylic acids is 2. The lowest BCUT2D eigenvalue weighted by molar-refractivity contribution is 0.0764. The number of hydrogen-bond donors (Lipinski definition) is 0. The van der Waals surface area contributed by atoms with Gasteiger partial charge in [0, 0.05) is 37.0 Å². The molecule has 0 atom stereocenters. The lowest BCUT2D eigenvalue weighted by Gasteiger charge is -2.18. The monoisotopic (exact) mass is 384 g/mol. The Labute approximate surface area is 165 Å². The van der Waals surface area contributed by atoms with E-state index in [1.165, 1.54) is 0 Å². The third-order valence-electron chi connectivity index (χ3n) is 5.38. The van der Waals surface area contributed by atoms with Gasteiger partial charge in [-0.05, 0) is 53.7 Å². The van der Waals surface area contributed by atoms with Gasteiger partial charge in [0.2, 0.25) is 0 Å². The summed E-state index contributed by atoms with van der Waals surface area (Å²) in [6, 6.07) is 3.65. The maximum atomic E-state index is 13.0. The molecule has 0 saturated heterocycles. The Kier molecular flexibility index (Phi) is 5.49. The van der Waals surface area contributed by atoms with Crippen LogP contribution in [0.2, 0.25) is 0 Å². The fourth-order valence-corrected chi connectivity index (χ4v) is 3.80. The second kappa shape index (κ2) is 7.70. The first-order valence-corrected chi connectivity index (χ1v) is 9.92. The fourth-order valence-electron chi connectivity index (χ4n) is 3.80. The standard InChI is InChI=1S/C22H28N2O4/c1-7-23(8-2)21(25)19-13(5)27-17-12-16-18(11-15(17)19)28-14(6)20(16)22(26)24(9-3)10-4/h11-12H,7-10H2,1-6H3. The lowest BCUT2D eigenvalue weighted by Crippen LogP contribution is -2.30. The third kappa shape index (κ3) is 3.07. The Hall–Kier alpha value is -2.76. The largest absolute Gasteiger partial charge is 0.460 e. The van der Waals surface area contributed by atoms with Gasteiger partial charge in [-0.3, -0.25) is 9.59 Å². The van der Waals surface area contributed by atoms with E-state index in [4.69, 9.17) is 8.83 Å². The van der Waals surface area contributed by atoms with E-state index in [-0.39, 0.29) is 11.8 Å². The van der Waals surface area contributed by atoms with Gasteiger partial charge in [0.15, 0.2) is 0 Å². The van der Waals surface area contributed by atoms with Crippen LogP contribution in [-0.4, -0.2) is 47.8 Å². The minimum absolute atomic E-state index is 0.0525. The normalized spacial score (nSPS) is 11.4. The summed E-state index contributed by atoms with van der Waals surface area (Å²) in [6.45, 7) is 13.9. The first kappa shape index (κ1) is 20.0. The van der Waals surface area contributed by atoms with Crippen LogP contribution in [0.15, 0.2) is 21.0 Å². The zero-order valence-electron chi connectivity index (χ0n) is 17.5. The van der Waals surface area contributed by atoms with Gasteiger partial charge >= 0.3 is 0 Å². The number of hydrogen-bond acceptors (Lipinski definition) is 4. The molecule has 0 aliphatic carbocycles. The molecule has 0 aliphatic heterocycles. The summed E-state index contributed by atoms with van der Waals surface area (Å²) in [7, 11) is 0. The van der Waals surface area contributed by atoms with E-state index in [2.05, 4.69) is 0 Å². The van der Waals surface area contributed by atoms with Crippen LogP contribution in [0.1, 0.15) is 59.9 Å². The van der Waals surface area contributed by atoms with Gasteiger partial charge in [0.25, 0.3) is 11.8 Å². The molecule has 28 heavy (non-hydrogen) atoms. The van der Waals surface area contributed by atoms with Crippen molar-refractivity contribution in [2.75, 3.05) is 26.2 Å². The van der Waals surface area contributed by atoms with E-state index in [1.807, 2.05) is 39.8 Å². The van der Waals surface area contributed by atoms with Gasteiger partial charge in [-0.15, -0.1) is 0 Å². The maximum Gasteiger partial charge on any atom is 0.258 e. The zero-order chi connectivity index (χ0) is 20.6. The number of rotatable bonds is 6. The minimum atomic E-state index is -0.0525. The zero-order valence-corrected chi connectivity index (χ0v) is 17.5. The van der Waals surface area contributed by atoms with Crippen LogP contribution in [0.25, 0.3) is 21.9 Å². The average molecular weight is 384 g/mol. The smallest absolute Gasteiger partial charge is 0.258 e. The fraction of sp³-hybridized carbons (Fsp3) is 0.455. The highest BCUT2D eigenvalue weighted by atomic mass is 16.3. The molecule has 6 nitrogen and oxygen atoms in total. The Morgan fingerprint density at radius 2 is 1.04 bits per heavy atom. The van der Waals surface area contributed by atoms with Gasteiger partial charge in [0.05, 0.1) is 11.1 Å². The Balaban J connectivity index is 2.21. The van der Waals surface area contributed by atoms with Gasteiger partial charge < -0.3 is 18.6 Å². The third-order valence-corrected chi connectivity index (χ3v) is 5.38. The second-order valence-corrected chi connectivity index (χ2v) is 6.87. The average Bonchev–Trinajstić information content (AvgIpc) is 3.15. The maximum absolute atomic E-state index is 13.0. The van der Waals surface area contributed by atoms with Crippen molar-refractivity contribution in [2.45, 2.75) is 41.5 Å². The van der Waals surface area contributed by atoms with Crippen LogP contribution in [-0.2, 0) is 0 Å². The predicted molar refractivity (Wildman–Crippen MR) is 110 cm³/mol. The Morgan fingerprint density at radius 3 is 1.32 bits per heavy atom. The summed E-state index contributed by atoms with van der Waals surface area (Å²) in [6.07, 6.45) is 0. The predicted octanol–water partition coefficient (Wildman–Crippen LogP) is 4.76. The molecular formula is C22H28N2O4. The number of amides is 2. The minimum Gasteiger partial charge on any atom is -0.460 e.